The summed E-state index contributed by atoms with van der Waals surface area (Å²) in [5.41, 5.74) is -0.319. The second-order valence-corrected chi connectivity index (χ2v) is 6.38. The van der Waals surface area contributed by atoms with E-state index in [-0.39, 0.29) is 30.5 Å². The fourth-order valence-electron chi connectivity index (χ4n) is 3.62. The predicted molar refractivity (Wildman–Crippen MR) is 67.6 cm³/mol. The molecule has 2 saturated heterocycles. The van der Waals surface area contributed by atoms with E-state index in [4.69, 9.17) is 9.47 Å². The first-order valence-corrected chi connectivity index (χ1v) is 7.26. The van der Waals surface area contributed by atoms with Crippen LogP contribution in [0.4, 0.5) is 8.78 Å². The second-order valence-electron chi connectivity index (χ2n) is 6.38. The Morgan fingerprint density at radius 3 is 2.70 bits per heavy atom. The molecule has 3 aliphatic rings. The molecule has 2 heterocycles. The lowest BCUT2D eigenvalue weighted by atomic mass is 9.79. The average molecular weight is 289 g/mol. The second kappa shape index (κ2) is 4.91. The van der Waals surface area contributed by atoms with E-state index >= 15 is 0 Å². The molecule has 0 unspecified atom stereocenters. The van der Waals surface area contributed by atoms with Crippen LogP contribution in [0.25, 0.3) is 0 Å². The van der Waals surface area contributed by atoms with E-state index in [9.17, 15) is 13.6 Å². The number of methoxy groups -OCH3 is 1. The maximum absolute atomic E-state index is 12.9. The van der Waals surface area contributed by atoms with Crippen LogP contribution in [0, 0.1) is 5.92 Å². The summed E-state index contributed by atoms with van der Waals surface area (Å²) in [4.78, 5) is 14.0. The summed E-state index contributed by atoms with van der Waals surface area (Å²) in [7, 11) is 1.66. The number of carbonyl (C=O) groups is 1. The molecule has 0 aromatic heterocycles. The number of carbonyl (C=O) groups excluding carboxylic acids is 1. The molecule has 0 aromatic carbocycles. The minimum atomic E-state index is -2.64. The van der Waals surface area contributed by atoms with Crippen molar-refractivity contribution < 1.29 is 23.0 Å². The van der Waals surface area contributed by atoms with Crippen LogP contribution in [0.1, 0.15) is 32.1 Å². The van der Waals surface area contributed by atoms with Gasteiger partial charge in [0, 0.05) is 45.4 Å². The van der Waals surface area contributed by atoms with E-state index in [1.54, 1.807) is 12.0 Å². The van der Waals surface area contributed by atoms with Crippen LogP contribution < -0.4 is 0 Å². The summed E-state index contributed by atoms with van der Waals surface area (Å²) >= 11 is 0. The van der Waals surface area contributed by atoms with Crippen LogP contribution in [0.5, 0.6) is 0 Å². The lowest BCUT2D eigenvalue weighted by molar-refractivity contribution is -0.165. The fraction of sp³-hybridized carbons (Fsp3) is 0.929. The molecular weight excluding hydrogens is 268 g/mol. The van der Waals surface area contributed by atoms with Crippen molar-refractivity contribution in [1.82, 2.24) is 4.90 Å². The van der Waals surface area contributed by atoms with Crippen LogP contribution in [-0.4, -0.2) is 55.2 Å². The molecule has 1 aliphatic carbocycles. The highest BCUT2D eigenvalue weighted by Gasteiger charge is 2.52. The van der Waals surface area contributed by atoms with Gasteiger partial charge in [0.25, 0.3) is 0 Å². The number of halogens is 2. The minimum Gasteiger partial charge on any atom is -0.379 e. The van der Waals surface area contributed by atoms with Crippen molar-refractivity contribution in [2.45, 2.75) is 49.7 Å². The Bertz CT molecular complexity index is 396. The number of piperidine rings is 1. The summed E-state index contributed by atoms with van der Waals surface area (Å²) in [6.45, 7) is 1.73. The van der Waals surface area contributed by atoms with Gasteiger partial charge in [-0.05, 0) is 12.8 Å². The molecule has 6 heteroatoms. The molecule has 3 rings (SSSR count). The van der Waals surface area contributed by atoms with Gasteiger partial charge in [0.1, 0.15) is 0 Å². The zero-order valence-corrected chi connectivity index (χ0v) is 11.7. The highest BCUT2D eigenvalue weighted by Crippen LogP contribution is 2.44. The van der Waals surface area contributed by atoms with Crippen LogP contribution in [0.3, 0.4) is 0 Å². The lowest BCUT2D eigenvalue weighted by Crippen LogP contribution is -2.54. The topological polar surface area (TPSA) is 38.8 Å². The third-order valence-electron chi connectivity index (χ3n) is 4.80. The number of alkyl halides is 2. The molecule has 20 heavy (non-hydrogen) atoms. The number of likely N-dealkylation sites (tertiary alicyclic amines) is 1. The van der Waals surface area contributed by atoms with Crippen LogP contribution in [0.2, 0.25) is 0 Å². The van der Waals surface area contributed by atoms with E-state index in [1.807, 2.05) is 0 Å². The summed E-state index contributed by atoms with van der Waals surface area (Å²) in [5, 5.41) is 0. The fourth-order valence-corrected chi connectivity index (χ4v) is 3.62. The number of ether oxygens (including phenoxy) is 2. The molecule has 0 bridgehead atoms. The molecule has 2 atom stereocenters. The molecule has 1 amide bonds. The van der Waals surface area contributed by atoms with Crippen molar-refractivity contribution in [3.63, 3.8) is 0 Å². The first-order valence-electron chi connectivity index (χ1n) is 7.26. The van der Waals surface area contributed by atoms with Crippen molar-refractivity contribution in [3.8, 4) is 0 Å². The number of rotatable bonds is 2. The van der Waals surface area contributed by atoms with E-state index in [0.717, 1.165) is 19.3 Å². The Labute approximate surface area is 117 Å². The zero-order chi connectivity index (χ0) is 14.4. The Morgan fingerprint density at radius 1 is 1.35 bits per heavy atom. The third-order valence-corrected chi connectivity index (χ3v) is 4.80. The molecule has 114 valence electrons. The molecule has 4 nitrogen and oxygen atoms in total. The van der Waals surface area contributed by atoms with Crippen molar-refractivity contribution in [1.29, 1.82) is 0 Å². The smallest absolute Gasteiger partial charge is 0.249 e. The molecular formula is C14H21F2NO3. The van der Waals surface area contributed by atoms with Gasteiger partial charge in [-0.25, -0.2) is 8.78 Å². The van der Waals surface area contributed by atoms with Crippen molar-refractivity contribution in [3.05, 3.63) is 0 Å². The molecule has 1 saturated carbocycles. The van der Waals surface area contributed by atoms with Crippen LogP contribution in [0.15, 0.2) is 0 Å². The van der Waals surface area contributed by atoms with Gasteiger partial charge in [0.2, 0.25) is 11.8 Å². The monoisotopic (exact) mass is 289 g/mol. The summed E-state index contributed by atoms with van der Waals surface area (Å²) < 4.78 is 37.0. The maximum Gasteiger partial charge on any atom is 0.249 e. The normalized spacial score (nSPS) is 37.1. The van der Waals surface area contributed by atoms with E-state index in [1.165, 1.54) is 0 Å². The molecule has 3 fully saturated rings. The van der Waals surface area contributed by atoms with Gasteiger partial charge in [0.05, 0.1) is 18.3 Å². The van der Waals surface area contributed by atoms with E-state index < -0.39 is 11.8 Å². The summed E-state index contributed by atoms with van der Waals surface area (Å²) in [5.74, 6) is -3.27. The van der Waals surface area contributed by atoms with Gasteiger partial charge in [-0.2, -0.15) is 0 Å². The van der Waals surface area contributed by atoms with E-state index in [2.05, 4.69) is 0 Å². The number of amides is 1. The molecule has 0 N–H and O–H groups in total. The third kappa shape index (κ3) is 2.55. The van der Waals surface area contributed by atoms with Crippen LogP contribution >= 0.6 is 0 Å². The Morgan fingerprint density at radius 2 is 2.10 bits per heavy atom. The summed E-state index contributed by atoms with van der Waals surface area (Å²) in [6, 6.07) is 0. The van der Waals surface area contributed by atoms with Gasteiger partial charge >= 0.3 is 0 Å². The average Bonchev–Trinajstić information content (AvgIpc) is 2.78. The maximum atomic E-state index is 12.9. The van der Waals surface area contributed by atoms with Gasteiger partial charge in [0.15, 0.2) is 0 Å². The number of hydrogen-bond donors (Lipinski definition) is 0. The SMILES string of the molecule is CO[C@H]1CO[C@@]2(CCCN(C(=O)C3CC(F)(F)C3)C2)C1. The predicted octanol–water partition coefficient (Wildman–Crippen LogP) is 1.83. The van der Waals surface area contributed by atoms with Crippen molar-refractivity contribution in [2.75, 3.05) is 26.8 Å². The first kappa shape index (κ1) is 14.2. The molecule has 0 aromatic rings. The van der Waals surface area contributed by atoms with Gasteiger partial charge in [-0.1, -0.05) is 0 Å². The standard InChI is InChI=1S/C14H21F2NO3/c1-19-11-7-13(20-8-11)3-2-4-17(9-13)12(18)10-5-14(15,16)6-10/h10-11H,2-9H2,1H3/t11-,13+/m1/s1. The van der Waals surface area contributed by atoms with Gasteiger partial charge in [-0.3, -0.25) is 4.79 Å². The van der Waals surface area contributed by atoms with Crippen molar-refractivity contribution >= 4 is 5.91 Å². The molecule has 2 aliphatic heterocycles. The quantitative estimate of drug-likeness (QED) is 0.778. The van der Waals surface area contributed by atoms with Gasteiger partial charge in [-0.15, -0.1) is 0 Å². The number of hydrogen-bond acceptors (Lipinski definition) is 3. The van der Waals surface area contributed by atoms with Crippen molar-refractivity contribution in [2.24, 2.45) is 5.92 Å². The molecule has 0 radical (unpaired) electrons. The summed E-state index contributed by atoms with van der Waals surface area (Å²) in [6.07, 6.45) is 2.06. The highest BCUT2D eigenvalue weighted by atomic mass is 19.3. The Hall–Kier alpha value is -0.750. The Balaban J connectivity index is 1.60. The zero-order valence-electron chi connectivity index (χ0n) is 11.7. The van der Waals surface area contributed by atoms with E-state index in [0.29, 0.717) is 19.7 Å². The minimum absolute atomic E-state index is 0.0816. The number of nitrogens with zero attached hydrogens (tertiary/aromatic N) is 1. The first-order chi connectivity index (χ1) is 9.43. The largest absolute Gasteiger partial charge is 0.379 e. The van der Waals surface area contributed by atoms with Crippen LogP contribution in [-0.2, 0) is 14.3 Å². The highest BCUT2D eigenvalue weighted by molar-refractivity contribution is 5.80. The Kier molecular flexibility index (Phi) is 3.49. The lowest BCUT2D eigenvalue weighted by Gasteiger charge is -2.43. The van der Waals surface area contributed by atoms with Gasteiger partial charge < -0.3 is 14.4 Å². The molecule has 1 spiro atoms.